The Morgan fingerprint density at radius 1 is 0.973 bits per heavy atom. The number of esters is 1. The number of amides is 1. The number of pyridine rings is 1. The maximum Gasteiger partial charge on any atom is 0.311 e. The number of aliphatic hydroxyl groups is 4. The molecule has 73 heavy (non-hydrogen) atoms. The Morgan fingerprint density at radius 2 is 1.68 bits per heavy atom. The Bertz CT molecular complexity index is 2070. The van der Waals surface area contributed by atoms with Crippen LogP contribution in [0, 0.1) is 17.8 Å². The summed E-state index contributed by atoms with van der Waals surface area (Å²) in [4.78, 5) is 35.9. The van der Waals surface area contributed by atoms with Gasteiger partial charge in [-0.05, 0) is 132 Å². The maximum atomic E-state index is 14.6. The molecule has 3 aliphatic rings. The molecule has 3 fully saturated rings. The van der Waals surface area contributed by atoms with Crippen molar-refractivity contribution in [3.05, 3.63) is 35.5 Å². The number of nitrogens with zero attached hydrogens (tertiary/aromatic N) is 3. The van der Waals surface area contributed by atoms with E-state index in [-0.39, 0.29) is 49.8 Å². The number of aliphatic hydroxyl groups excluding tert-OH is 2. The van der Waals surface area contributed by atoms with Gasteiger partial charge < -0.3 is 74.0 Å². The SMILES string of the molecule is CC[C@H]1OC(=O)[C@H](C)[C@@H](O[C@H]2C[C@@](C)(OC)[C@@H](O)[C@H](C)O2)[C@H](C)[C@@H](O[C@@H]2O[C@H](C)C[C@H](N(C)C)[C@H]2OCCCNC(=O)CCCNc2ccnc3cc(Cl)ccc23)[C@](C)(O)C[C@@H](C)CN(C)[C@H](C)[C@@H](O)[C@]1(C)O. The molecule has 0 bridgehead atoms. The number of cyclic esters (lactones) is 1. The molecule has 5 rings (SSSR count). The second-order valence-corrected chi connectivity index (χ2v) is 22.7. The molecule has 18 nitrogen and oxygen atoms in total. The quantitative estimate of drug-likeness (QED) is 0.0847. The molecule has 1 aromatic carbocycles. The number of hydrogen-bond acceptors (Lipinski definition) is 17. The van der Waals surface area contributed by atoms with Crippen LogP contribution in [0.15, 0.2) is 30.5 Å². The number of carbonyl (C=O) groups is 2. The van der Waals surface area contributed by atoms with Crippen molar-refractivity contribution in [2.24, 2.45) is 17.8 Å². The standard InChI is InChI=1S/C54H90ClN5O13/c1-15-42-54(10,66)47(62)35(6)60(13)30-31(2)28-52(8,65)49(33(4)45(34(5)50(64)71-42)72-44-29-53(9,67-14)48(63)36(7)70-44)73-51-46(41(59(11)12)26-32(3)69-51)68-25-17-23-58-43(61)18-16-22-56-39-21-24-57-40-27-37(55)19-20-38(39)40/h19-21,24,27,31-36,41-42,44-49,51,62-63,65-66H,15-18,22-23,25-26,28-30H2,1-14H3,(H,56,57)(H,58,61)/t31-,32-,33+,34-,35-,36+,41+,42-,44+,45+,46-,47-,48+,49-,51+,52-,53-,54-/m1/s1. The first-order chi connectivity index (χ1) is 34.2. The van der Waals surface area contributed by atoms with E-state index in [1.165, 1.54) is 14.0 Å². The van der Waals surface area contributed by atoms with Crippen LogP contribution in [-0.4, -0.2) is 192 Å². The van der Waals surface area contributed by atoms with Crippen molar-refractivity contribution in [1.29, 1.82) is 0 Å². The first kappa shape index (κ1) is 61.0. The molecular weight excluding hydrogens is 962 g/mol. The molecule has 2 aromatic rings. The molecule has 0 spiro atoms. The highest BCUT2D eigenvalue weighted by molar-refractivity contribution is 6.31. The van der Waals surface area contributed by atoms with E-state index in [4.69, 9.17) is 44.8 Å². The van der Waals surface area contributed by atoms with Crippen LogP contribution in [0.3, 0.4) is 0 Å². The van der Waals surface area contributed by atoms with Gasteiger partial charge in [0, 0.05) is 86.5 Å². The number of hydrogen-bond donors (Lipinski definition) is 6. The molecule has 6 N–H and O–H groups in total. The van der Waals surface area contributed by atoms with Crippen molar-refractivity contribution in [3.8, 4) is 0 Å². The van der Waals surface area contributed by atoms with E-state index >= 15 is 0 Å². The van der Waals surface area contributed by atoms with Crippen molar-refractivity contribution in [2.75, 3.05) is 59.8 Å². The average Bonchev–Trinajstić information content (AvgIpc) is 3.32. The minimum absolute atomic E-state index is 0.0660. The van der Waals surface area contributed by atoms with E-state index in [0.29, 0.717) is 50.3 Å². The number of carbonyl (C=O) groups excluding carboxylic acids is 2. The van der Waals surface area contributed by atoms with Gasteiger partial charge >= 0.3 is 5.97 Å². The number of methoxy groups -OCH3 is 1. The third kappa shape index (κ3) is 15.4. The summed E-state index contributed by atoms with van der Waals surface area (Å²) in [5.74, 6) is -2.75. The molecule has 1 amide bonds. The first-order valence-electron chi connectivity index (χ1n) is 26.5. The summed E-state index contributed by atoms with van der Waals surface area (Å²) < 4.78 is 45.6. The lowest BCUT2D eigenvalue weighted by Gasteiger charge is -2.49. The molecule has 0 unspecified atom stereocenters. The zero-order valence-electron chi connectivity index (χ0n) is 46.0. The van der Waals surface area contributed by atoms with Gasteiger partial charge in [-0.1, -0.05) is 32.4 Å². The molecule has 18 atom stereocenters. The second-order valence-electron chi connectivity index (χ2n) is 22.3. The van der Waals surface area contributed by atoms with Crippen LogP contribution in [0.4, 0.5) is 5.69 Å². The largest absolute Gasteiger partial charge is 0.459 e. The zero-order chi connectivity index (χ0) is 54.2. The molecule has 3 saturated heterocycles. The fourth-order valence-corrected chi connectivity index (χ4v) is 11.4. The molecule has 4 heterocycles. The lowest BCUT2D eigenvalue weighted by Crippen LogP contribution is -2.61. The van der Waals surface area contributed by atoms with Crippen LogP contribution >= 0.6 is 11.6 Å². The van der Waals surface area contributed by atoms with Gasteiger partial charge in [-0.3, -0.25) is 14.6 Å². The van der Waals surface area contributed by atoms with Gasteiger partial charge in [0.2, 0.25) is 5.91 Å². The van der Waals surface area contributed by atoms with Crippen LogP contribution in [0.5, 0.6) is 0 Å². The summed E-state index contributed by atoms with van der Waals surface area (Å²) >= 11 is 6.16. The summed E-state index contributed by atoms with van der Waals surface area (Å²) in [5, 5.41) is 55.7. The van der Waals surface area contributed by atoms with Crippen molar-refractivity contribution in [1.82, 2.24) is 20.1 Å². The molecule has 1 aromatic heterocycles. The number of anilines is 1. The van der Waals surface area contributed by atoms with Crippen LogP contribution in [0.25, 0.3) is 10.9 Å². The summed E-state index contributed by atoms with van der Waals surface area (Å²) in [5.41, 5.74) is -2.75. The molecule has 0 radical (unpaired) electrons. The molecule has 0 saturated carbocycles. The van der Waals surface area contributed by atoms with Crippen molar-refractivity contribution in [2.45, 2.75) is 204 Å². The average molecular weight is 1050 g/mol. The summed E-state index contributed by atoms with van der Waals surface area (Å²) in [6.45, 7) is 19.5. The smallest absolute Gasteiger partial charge is 0.311 e. The summed E-state index contributed by atoms with van der Waals surface area (Å²) in [6.07, 6.45) is -4.67. The minimum atomic E-state index is -1.83. The van der Waals surface area contributed by atoms with Crippen LogP contribution in [-0.2, 0) is 42.7 Å². The van der Waals surface area contributed by atoms with Gasteiger partial charge in [0.15, 0.2) is 12.6 Å². The predicted molar refractivity (Wildman–Crippen MR) is 280 cm³/mol. The van der Waals surface area contributed by atoms with E-state index in [2.05, 4.69) is 20.5 Å². The number of ether oxygens (including phenoxy) is 7. The van der Waals surface area contributed by atoms with Gasteiger partial charge in [0.25, 0.3) is 0 Å². The van der Waals surface area contributed by atoms with Crippen LogP contribution in [0.2, 0.25) is 5.02 Å². The third-order valence-corrected chi connectivity index (χ3v) is 16.0. The van der Waals surface area contributed by atoms with Crippen molar-refractivity contribution in [3.63, 3.8) is 0 Å². The van der Waals surface area contributed by atoms with Gasteiger partial charge in [-0.2, -0.15) is 0 Å². The van der Waals surface area contributed by atoms with Crippen molar-refractivity contribution < 1.29 is 63.2 Å². The van der Waals surface area contributed by atoms with E-state index in [1.54, 1.807) is 40.8 Å². The zero-order valence-corrected chi connectivity index (χ0v) is 46.8. The first-order valence-corrected chi connectivity index (χ1v) is 26.8. The third-order valence-electron chi connectivity index (χ3n) is 15.7. The number of rotatable bonds is 17. The highest BCUT2D eigenvalue weighted by Gasteiger charge is 2.53. The fourth-order valence-electron chi connectivity index (χ4n) is 11.3. The summed E-state index contributed by atoms with van der Waals surface area (Å²) in [7, 11) is 7.32. The molecule has 416 valence electrons. The lowest BCUT2D eigenvalue weighted by molar-refractivity contribution is -0.321. The fraction of sp³-hybridized carbons (Fsp3) is 0.796. The number of fused-ring (bicyclic) bond motifs is 1. The van der Waals surface area contributed by atoms with Crippen LogP contribution < -0.4 is 10.6 Å². The number of nitrogens with one attached hydrogen (secondary N) is 2. The van der Waals surface area contributed by atoms with Crippen LogP contribution in [0.1, 0.15) is 114 Å². The Hall–Kier alpha value is -2.82. The Balaban J connectivity index is 1.38. The normalized spacial score (nSPS) is 38.6. The lowest BCUT2D eigenvalue weighted by atomic mass is 9.77. The predicted octanol–water partition coefficient (Wildman–Crippen LogP) is 5.53. The Kier molecular flexibility index (Phi) is 22.1. The molecular formula is C54H90ClN5O13. The molecule has 19 heteroatoms. The van der Waals surface area contributed by atoms with E-state index < -0.39 is 96.0 Å². The number of benzene rings is 1. The second kappa shape index (κ2) is 26.5. The van der Waals surface area contributed by atoms with E-state index in [0.717, 1.165) is 16.6 Å². The maximum absolute atomic E-state index is 14.6. The molecule has 0 aliphatic carbocycles. The highest BCUT2D eigenvalue weighted by Crippen LogP contribution is 2.41. The van der Waals surface area contributed by atoms with Gasteiger partial charge in [0.05, 0.1) is 47.1 Å². The van der Waals surface area contributed by atoms with Gasteiger partial charge in [-0.25, -0.2) is 0 Å². The van der Waals surface area contributed by atoms with Crippen molar-refractivity contribution >= 4 is 40.1 Å². The number of aromatic nitrogens is 1. The summed E-state index contributed by atoms with van der Waals surface area (Å²) in [6, 6.07) is 6.76. The van der Waals surface area contributed by atoms with E-state index in [1.807, 2.05) is 78.0 Å². The topological polar surface area (TPSA) is 223 Å². The highest BCUT2D eigenvalue weighted by atomic mass is 35.5. The number of likely N-dealkylation sites (N-methyl/N-ethyl adjacent to an activating group) is 2. The Morgan fingerprint density at radius 3 is 2.36 bits per heavy atom. The van der Waals surface area contributed by atoms with Gasteiger partial charge in [-0.15, -0.1) is 0 Å². The van der Waals surface area contributed by atoms with E-state index in [9.17, 15) is 30.0 Å². The monoisotopic (exact) mass is 1050 g/mol. The molecule has 3 aliphatic heterocycles. The Labute approximate surface area is 439 Å². The van der Waals surface area contributed by atoms with Gasteiger partial charge in [0.1, 0.15) is 30.0 Å². The number of halogens is 1. The minimum Gasteiger partial charge on any atom is -0.459 e.